The second-order valence-electron chi connectivity index (χ2n) is 4.56. The summed E-state index contributed by atoms with van der Waals surface area (Å²) in [6, 6.07) is 13.1. The van der Waals surface area contributed by atoms with Crippen molar-refractivity contribution in [1.82, 2.24) is 4.98 Å². The number of non-ortho nitro benzene ring substituents is 1. The number of nitro benzene ring substituents is 1. The number of fused-ring (bicyclic) bond motifs is 1. The van der Waals surface area contributed by atoms with E-state index in [2.05, 4.69) is 29.2 Å². The summed E-state index contributed by atoms with van der Waals surface area (Å²) in [6.45, 7) is 2.05. The average Bonchev–Trinajstić information content (AvgIpc) is 2.84. The number of nitro groups is 1. The minimum absolute atomic E-state index is 0.114. The number of aromatic amines is 1. The molecule has 100 valence electrons. The molecule has 0 aliphatic carbocycles. The number of aromatic nitrogens is 1. The van der Waals surface area contributed by atoms with E-state index >= 15 is 0 Å². The Bertz CT molecular complexity index is 778. The van der Waals surface area contributed by atoms with Gasteiger partial charge in [0.1, 0.15) is 0 Å². The van der Waals surface area contributed by atoms with Crippen molar-refractivity contribution in [3.63, 3.8) is 0 Å². The van der Waals surface area contributed by atoms with Crippen molar-refractivity contribution < 1.29 is 4.92 Å². The lowest BCUT2D eigenvalue weighted by molar-refractivity contribution is -0.384. The Morgan fingerprint density at radius 2 is 1.90 bits per heavy atom. The van der Waals surface area contributed by atoms with Gasteiger partial charge in [0.2, 0.25) is 0 Å². The third-order valence-corrected chi connectivity index (χ3v) is 4.15. The zero-order chi connectivity index (χ0) is 14.1. The molecule has 0 aliphatic rings. The number of nitrogens with zero attached hydrogens (tertiary/aromatic N) is 1. The third-order valence-electron chi connectivity index (χ3n) is 3.09. The number of hydrogen-bond donors (Lipinski definition) is 1. The molecule has 0 saturated carbocycles. The highest BCUT2D eigenvalue weighted by Gasteiger charge is 2.11. The normalized spacial score (nSPS) is 10.8. The van der Waals surface area contributed by atoms with Crippen LogP contribution >= 0.6 is 11.8 Å². The summed E-state index contributed by atoms with van der Waals surface area (Å²) in [5.74, 6) is 0. The van der Waals surface area contributed by atoms with Gasteiger partial charge in [-0.25, -0.2) is 0 Å². The number of aryl methyl sites for hydroxylation is 1. The van der Waals surface area contributed by atoms with Gasteiger partial charge in [0, 0.05) is 39.0 Å². The van der Waals surface area contributed by atoms with Gasteiger partial charge in [0.15, 0.2) is 0 Å². The zero-order valence-corrected chi connectivity index (χ0v) is 11.6. The van der Waals surface area contributed by atoms with Crippen LogP contribution in [0.1, 0.15) is 5.56 Å². The molecular weight excluding hydrogens is 272 g/mol. The predicted molar refractivity (Wildman–Crippen MR) is 80.3 cm³/mol. The molecule has 0 bridgehead atoms. The van der Waals surface area contributed by atoms with Crippen LogP contribution in [0.2, 0.25) is 0 Å². The lowest BCUT2D eigenvalue weighted by Gasteiger charge is -2.01. The van der Waals surface area contributed by atoms with E-state index in [1.807, 2.05) is 13.1 Å². The van der Waals surface area contributed by atoms with Crippen molar-refractivity contribution >= 4 is 28.4 Å². The van der Waals surface area contributed by atoms with E-state index in [9.17, 15) is 10.1 Å². The van der Waals surface area contributed by atoms with Gasteiger partial charge in [-0.2, -0.15) is 0 Å². The number of nitrogens with one attached hydrogen (secondary N) is 1. The maximum Gasteiger partial charge on any atom is 0.270 e. The minimum atomic E-state index is -0.368. The quantitative estimate of drug-likeness (QED) is 0.567. The van der Waals surface area contributed by atoms with Crippen molar-refractivity contribution in [1.29, 1.82) is 0 Å². The van der Waals surface area contributed by atoms with Gasteiger partial charge in [-0.3, -0.25) is 10.1 Å². The van der Waals surface area contributed by atoms with Crippen LogP contribution < -0.4 is 0 Å². The fourth-order valence-electron chi connectivity index (χ4n) is 2.01. The molecule has 1 aromatic heterocycles. The number of benzene rings is 2. The maximum absolute atomic E-state index is 10.9. The van der Waals surface area contributed by atoms with Crippen LogP contribution in [0.3, 0.4) is 0 Å². The van der Waals surface area contributed by atoms with Crippen LogP contribution in [0, 0.1) is 17.0 Å². The number of rotatable bonds is 3. The van der Waals surface area contributed by atoms with Gasteiger partial charge in [0.25, 0.3) is 5.69 Å². The molecule has 20 heavy (non-hydrogen) atoms. The Labute approximate surface area is 120 Å². The number of H-pyrrole nitrogens is 1. The summed E-state index contributed by atoms with van der Waals surface area (Å²) >= 11 is 1.60. The van der Waals surface area contributed by atoms with Crippen molar-refractivity contribution in [3.05, 3.63) is 64.3 Å². The van der Waals surface area contributed by atoms with Crippen LogP contribution in [-0.4, -0.2) is 9.91 Å². The smallest absolute Gasteiger partial charge is 0.270 e. The SMILES string of the molecule is Cc1ccc(Sc2c[nH]c3ccc([N+](=O)[O-])cc23)cc1. The maximum atomic E-state index is 10.9. The highest BCUT2D eigenvalue weighted by molar-refractivity contribution is 7.99. The first-order valence-electron chi connectivity index (χ1n) is 6.13. The molecule has 3 aromatic rings. The van der Waals surface area contributed by atoms with E-state index in [-0.39, 0.29) is 10.6 Å². The molecule has 3 rings (SSSR count). The van der Waals surface area contributed by atoms with Crippen molar-refractivity contribution in [2.75, 3.05) is 0 Å². The summed E-state index contributed by atoms with van der Waals surface area (Å²) < 4.78 is 0. The highest BCUT2D eigenvalue weighted by Crippen LogP contribution is 2.35. The van der Waals surface area contributed by atoms with Gasteiger partial charge in [-0.05, 0) is 25.1 Å². The van der Waals surface area contributed by atoms with Gasteiger partial charge < -0.3 is 4.98 Å². The molecule has 0 fully saturated rings. The highest BCUT2D eigenvalue weighted by atomic mass is 32.2. The van der Waals surface area contributed by atoms with E-state index in [0.29, 0.717) is 0 Å². The van der Waals surface area contributed by atoms with E-state index in [1.54, 1.807) is 23.9 Å². The van der Waals surface area contributed by atoms with E-state index in [1.165, 1.54) is 11.6 Å². The Hall–Kier alpha value is -2.27. The van der Waals surface area contributed by atoms with Crippen molar-refractivity contribution in [3.8, 4) is 0 Å². The summed E-state index contributed by atoms with van der Waals surface area (Å²) in [5.41, 5.74) is 2.23. The molecule has 1 heterocycles. The van der Waals surface area contributed by atoms with Gasteiger partial charge in [0.05, 0.1) is 4.92 Å². The van der Waals surface area contributed by atoms with Crippen LogP contribution in [0.25, 0.3) is 10.9 Å². The lowest BCUT2D eigenvalue weighted by Crippen LogP contribution is -1.86. The fraction of sp³-hybridized carbons (Fsp3) is 0.0667. The molecular formula is C15H12N2O2S. The lowest BCUT2D eigenvalue weighted by atomic mass is 10.2. The second kappa shape index (κ2) is 5.02. The molecule has 2 aromatic carbocycles. The molecule has 0 unspecified atom stereocenters. The van der Waals surface area contributed by atoms with Crippen molar-refractivity contribution in [2.24, 2.45) is 0 Å². The third kappa shape index (κ3) is 2.40. The number of hydrogen-bond acceptors (Lipinski definition) is 3. The standard InChI is InChI=1S/C15H12N2O2S/c1-10-2-5-12(6-3-10)20-15-9-16-14-7-4-11(17(18)19)8-13(14)15/h2-9,16H,1H3. The summed E-state index contributed by atoms with van der Waals surface area (Å²) in [5, 5.41) is 11.7. The Kier molecular flexibility index (Phi) is 3.20. The van der Waals surface area contributed by atoms with E-state index in [4.69, 9.17) is 0 Å². The molecule has 0 radical (unpaired) electrons. The molecule has 4 nitrogen and oxygen atoms in total. The zero-order valence-electron chi connectivity index (χ0n) is 10.8. The molecule has 0 aliphatic heterocycles. The first-order valence-corrected chi connectivity index (χ1v) is 6.95. The summed E-state index contributed by atoms with van der Waals surface area (Å²) in [7, 11) is 0. The molecule has 0 spiro atoms. The van der Waals surface area contributed by atoms with Crippen molar-refractivity contribution in [2.45, 2.75) is 16.7 Å². The Morgan fingerprint density at radius 3 is 2.60 bits per heavy atom. The monoisotopic (exact) mass is 284 g/mol. The van der Waals surface area contributed by atoms with Crippen LogP contribution in [-0.2, 0) is 0 Å². The first kappa shape index (κ1) is 12.7. The second-order valence-corrected chi connectivity index (χ2v) is 5.67. The fourth-order valence-corrected chi connectivity index (χ4v) is 2.94. The summed E-state index contributed by atoms with van der Waals surface area (Å²) in [4.78, 5) is 15.7. The van der Waals surface area contributed by atoms with Crippen LogP contribution in [0.15, 0.2) is 58.5 Å². The van der Waals surface area contributed by atoms with E-state index < -0.39 is 0 Å². The molecule has 0 atom stereocenters. The molecule has 5 heteroatoms. The van der Waals surface area contributed by atoms with Crippen LogP contribution in [0.5, 0.6) is 0 Å². The Morgan fingerprint density at radius 1 is 1.15 bits per heavy atom. The van der Waals surface area contributed by atoms with E-state index in [0.717, 1.165) is 20.7 Å². The Balaban J connectivity index is 2.00. The topological polar surface area (TPSA) is 58.9 Å². The van der Waals surface area contributed by atoms with Gasteiger partial charge >= 0.3 is 0 Å². The molecule has 0 amide bonds. The average molecular weight is 284 g/mol. The minimum Gasteiger partial charge on any atom is -0.360 e. The summed E-state index contributed by atoms with van der Waals surface area (Å²) in [6.07, 6.45) is 1.89. The van der Waals surface area contributed by atoms with Crippen LogP contribution in [0.4, 0.5) is 5.69 Å². The largest absolute Gasteiger partial charge is 0.360 e. The predicted octanol–water partition coefficient (Wildman–Crippen LogP) is 4.54. The van der Waals surface area contributed by atoms with Gasteiger partial charge in [-0.1, -0.05) is 29.5 Å². The molecule has 1 N–H and O–H groups in total. The molecule has 0 saturated heterocycles. The first-order chi connectivity index (χ1) is 9.63. The van der Waals surface area contributed by atoms with Gasteiger partial charge in [-0.15, -0.1) is 0 Å².